The second-order valence-electron chi connectivity index (χ2n) is 3.18. The average Bonchev–Trinajstić information content (AvgIpc) is 2.61. The first kappa shape index (κ1) is 12.1. The highest BCUT2D eigenvalue weighted by atomic mass is 32.1. The van der Waals surface area contributed by atoms with Crippen LogP contribution in [0.3, 0.4) is 0 Å². The minimum atomic E-state index is -4.60. The van der Waals surface area contributed by atoms with E-state index in [0.29, 0.717) is 5.69 Å². The molecule has 9 heteroatoms. The monoisotopic (exact) mass is 264 g/mol. The maximum atomic E-state index is 12.4. The summed E-state index contributed by atoms with van der Waals surface area (Å²) in [6.07, 6.45) is -4.60. The van der Waals surface area contributed by atoms with Gasteiger partial charge >= 0.3 is 6.18 Å². The minimum absolute atomic E-state index is 0.156. The van der Waals surface area contributed by atoms with Crippen molar-refractivity contribution in [2.45, 2.75) is 17.8 Å². The Morgan fingerprint density at radius 3 is 2.71 bits per heavy atom. The van der Waals surface area contributed by atoms with Crippen LogP contribution in [-0.4, -0.2) is 26.7 Å². The molecule has 0 spiro atoms. The first-order valence-corrected chi connectivity index (χ1v) is 4.88. The largest absolute Gasteiger partial charge is 0.453 e. The van der Waals surface area contributed by atoms with E-state index < -0.39 is 12.0 Å². The van der Waals surface area contributed by atoms with Crippen LogP contribution in [0, 0.1) is 0 Å². The molecule has 0 amide bonds. The van der Waals surface area contributed by atoms with E-state index >= 15 is 0 Å². The molecule has 92 valence electrons. The van der Waals surface area contributed by atoms with Crippen LogP contribution in [0.25, 0.3) is 5.78 Å². The van der Waals surface area contributed by atoms with E-state index in [4.69, 9.17) is 4.74 Å². The molecule has 0 saturated carbocycles. The number of hydrogen-bond donors (Lipinski definition) is 1. The summed E-state index contributed by atoms with van der Waals surface area (Å²) < 4.78 is 42.9. The van der Waals surface area contributed by atoms with Gasteiger partial charge in [0.25, 0.3) is 11.6 Å². The van der Waals surface area contributed by atoms with Crippen molar-refractivity contribution in [2.24, 2.45) is 0 Å². The van der Waals surface area contributed by atoms with Crippen molar-refractivity contribution in [1.29, 1.82) is 0 Å². The number of alkyl halides is 3. The molecule has 0 aliphatic rings. The summed E-state index contributed by atoms with van der Waals surface area (Å²) in [6.45, 7) is 0.165. The Morgan fingerprint density at radius 1 is 1.41 bits per heavy atom. The van der Waals surface area contributed by atoms with E-state index in [-0.39, 0.29) is 17.4 Å². The van der Waals surface area contributed by atoms with Gasteiger partial charge in [0.1, 0.15) is 5.03 Å². The summed E-state index contributed by atoms with van der Waals surface area (Å²) in [7, 11) is 1.45. The summed E-state index contributed by atoms with van der Waals surface area (Å²) in [5, 5.41) is 3.50. The Labute approximate surface area is 99.0 Å². The third kappa shape index (κ3) is 2.34. The first-order chi connectivity index (χ1) is 7.91. The minimum Gasteiger partial charge on any atom is -0.378 e. The molecule has 0 fully saturated rings. The van der Waals surface area contributed by atoms with Gasteiger partial charge in [0.05, 0.1) is 12.3 Å². The van der Waals surface area contributed by atoms with Crippen molar-refractivity contribution < 1.29 is 17.9 Å². The van der Waals surface area contributed by atoms with Crippen LogP contribution in [-0.2, 0) is 17.5 Å². The van der Waals surface area contributed by atoms with Crippen molar-refractivity contribution in [3.05, 3.63) is 17.6 Å². The van der Waals surface area contributed by atoms with Crippen molar-refractivity contribution >= 4 is 18.4 Å². The number of thiol groups is 1. The molecule has 17 heavy (non-hydrogen) atoms. The van der Waals surface area contributed by atoms with Crippen molar-refractivity contribution in [2.75, 3.05) is 7.11 Å². The fourth-order valence-corrected chi connectivity index (χ4v) is 1.53. The topological polar surface area (TPSA) is 52.3 Å². The van der Waals surface area contributed by atoms with Crippen molar-refractivity contribution in [3.63, 3.8) is 0 Å². The Bertz CT molecular complexity index is 553. The molecule has 0 radical (unpaired) electrons. The molecule has 0 aromatic carbocycles. The van der Waals surface area contributed by atoms with Crippen molar-refractivity contribution in [1.82, 2.24) is 19.6 Å². The quantitative estimate of drug-likeness (QED) is 0.661. The molecule has 0 aliphatic carbocycles. The fraction of sp³-hybridized carbons (Fsp3) is 0.375. The molecular formula is C8H7F3N4OS. The highest BCUT2D eigenvalue weighted by Crippen LogP contribution is 2.26. The average molecular weight is 264 g/mol. The van der Waals surface area contributed by atoms with Gasteiger partial charge in [-0.15, -0.1) is 17.7 Å². The van der Waals surface area contributed by atoms with Crippen LogP contribution in [0.5, 0.6) is 0 Å². The lowest BCUT2D eigenvalue weighted by molar-refractivity contribution is -0.144. The van der Waals surface area contributed by atoms with Crippen LogP contribution in [0.1, 0.15) is 11.5 Å². The van der Waals surface area contributed by atoms with E-state index in [9.17, 15) is 13.2 Å². The predicted octanol–water partition coefficient (Wildman–Crippen LogP) is 1.58. The zero-order valence-electron chi connectivity index (χ0n) is 8.56. The standard InChI is InChI=1S/C8H7F3N4OS/c1-16-3-4-2-5(17)15-7(12-4)13-6(14-15)8(9,10)11/h2,17H,3H2,1H3. The number of aromatic nitrogens is 4. The number of fused-ring (bicyclic) bond motifs is 1. The van der Waals surface area contributed by atoms with Crippen molar-refractivity contribution in [3.8, 4) is 0 Å². The summed E-state index contributed by atoms with van der Waals surface area (Å²) in [4.78, 5) is 7.17. The molecule has 2 aromatic heterocycles. The van der Waals surface area contributed by atoms with E-state index in [1.165, 1.54) is 13.2 Å². The molecule has 0 unspecified atom stereocenters. The Kier molecular flexibility index (Phi) is 2.96. The normalized spacial score (nSPS) is 12.3. The van der Waals surface area contributed by atoms with Gasteiger partial charge in [0.15, 0.2) is 0 Å². The molecule has 0 atom stereocenters. The van der Waals surface area contributed by atoms with Gasteiger partial charge < -0.3 is 4.74 Å². The fourth-order valence-electron chi connectivity index (χ4n) is 1.24. The van der Waals surface area contributed by atoms with Crippen LogP contribution >= 0.6 is 12.6 Å². The molecule has 0 saturated heterocycles. The number of rotatable bonds is 2. The van der Waals surface area contributed by atoms with Gasteiger partial charge in [0, 0.05) is 7.11 Å². The first-order valence-electron chi connectivity index (χ1n) is 4.43. The summed E-state index contributed by atoms with van der Waals surface area (Å²) in [6, 6.07) is 1.47. The van der Waals surface area contributed by atoms with Gasteiger partial charge in [-0.25, -0.2) is 4.98 Å². The smallest absolute Gasteiger partial charge is 0.378 e. The number of methoxy groups -OCH3 is 1. The molecule has 2 aromatic rings. The lowest BCUT2D eigenvalue weighted by Gasteiger charge is -2.01. The number of halogens is 3. The Hall–Kier alpha value is -1.35. The second-order valence-corrected chi connectivity index (χ2v) is 3.64. The summed E-state index contributed by atoms with van der Waals surface area (Å²) in [5.41, 5.74) is 0.436. The number of nitrogens with zero attached hydrogens (tertiary/aromatic N) is 4. The second kappa shape index (κ2) is 4.15. The molecule has 0 bridgehead atoms. The van der Waals surface area contributed by atoms with Gasteiger partial charge in [-0.2, -0.15) is 22.7 Å². The van der Waals surface area contributed by atoms with Crippen LogP contribution in [0.15, 0.2) is 11.1 Å². The van der Waals surface area contributed by atoms with E-state index in [1.54, 1.807) is 0 Å². The molecular weight excluding hydrogens is 257 g/mol. The highest BCUT2D eigenvalue weighted by Gasteiger charge is 2.36. The van der Waals surface area contributed by atoms with Crippen LogP contribution in [0.2, 0.25) is 0 Å². The number of ether oxygens (including phenoxy) is 1. The Balaban J connectivity index is 2.57. The SMILES string of the molecule is COCc1cc(S)n2nc(C(F)(F)F)nc2n1. The van der Waals surface area contributed by atoms with Crippen LogP contribution < -0.4 is 0 Å². The third-order valence-corrected chi connectivity index (χ3v) is 2.21. The molecule has 5 nitrogen and oxygen atoms in total. The van der Waals surface area contributed by atoms with Gasteiger partial charge in [-0.3, -0.25) is 0 Å². The maximum Gasteiger partial charge on any atom is 0.453 e. The summed E-state index contributed by atoms with van der Waals surface area (Å²) in [5.74, 6) is -1.40. The van der Waals surface area contributed by atoms with Gasteiger partial charge in [0.2, 0.25) is 0 Å². The van der Waals surface area contributed by atoms with Gasteiger partial charge in [-0.1, -0.05) is 0 Å². The van der Waals surface area contributed by atoms with E-state index in [1.807, 2.05) is 0 Å². The van der Waals surface area contributed by atoms with Gasteiger partial charge in [-0.05, 0) is 6.07 Å². The zero-order valence-corrected chi connectivity index (χ0v) is 9.46. The predicted molar refractivity (Wildman–Crippen MR) is 53.7 cm³/mol. The van der Waals surface area contributed by atoms with E-state index in [0.717, 1.165) is 4.52 Å². The van der Waals surface area contributed by atoms with Crippen LogP contribution in [0.4, 0.5) is 13.2 Å². The molecule has 2 heterocycles. The zero-order chi connectivity index (χ0) is 12.6. The molecule has 0 N–H and O–H groups in total. The lowest BCUT2D eigenvalue weighted by Crippen LogP contribution is -2.07. The number of hydrogen-bond acceptors (Lipinski definition) is 5. The molecule has 2 rings (SSSR count). The molecule has 0 aliphatic heterocycles. The Morgan fingerprint density at radius 2 is 2.12 bits per heavy atom. The van der Waals surface area contributed by atoms with E-state index in [2.05, 4.69) is 27.7 Å². The maximum absolute atomic E-state index is 12.4. The lowest BCUT2D eigenvalue weighted by atomic mass is 10.4. The summed E-state index contributed by atoms with van der Waals surface area (Å²) >= 11 is 4.02. The highest BCUT2D eigenvalue weighted by molar-refractivity contribution is 7.80. The third-order valence-electron chi connectivity index (χ3n) is 1.89.